The normalized spacial score (nSPS) is 12.3. The lowest BCUT2D eigenvalue weighted by Gasteiger charge is -2.25. The molecule has 1 heterocycles. The van der Waals surface area contributed by atoms with E-state index in [2.05, 4.69) is 10.2 Å². The molecule has 0 fully saturated rings. The van der Waals surface area contributed by atoms with Gasteiger partial charge in [0.15, 0.2) is 5.69 Å². The fraction of sp³-hybridized carbons (Fsp3) is 0.538. The molecule has 1 rings (SSSR count). The van der Waals surface area contributed by atoms with Crippen molar-refractivity contribution in [3.8, 4) is 0 Å². The Kier molecular flexibility index (Phi) is 4.97. The van der Waals surface area contributed by atoms with Crippen molar-refractivity contribution in [2.75, 3.05) is 7.05 Å². The van der Waals surface area contributed by atoms with Gasteiger partial charge in [-0.05, 0) is 30.9 Å². The highest BCUT2D eigenvalue weighted by Crippen LogP contribution is 2.13. The van der Waals surface area contributed by atoms with Crippen molar-refractivity contribution in [2.45, 2.75) is 33.2 Å². The minimum atomic E-state index is -1.01. The highest BCUT2D eigenvalue weighted by atomic mass is 16.4. The van der Waals surface area contributed by atoms with Gasteiger partial charge >= 0.3 is 5.97 Å². The zero-order chi connectivity index (χ0) is 14.6. The van der Waals surface area contributed by atoms with E-state index in [1.54, 1.807) is 19.2 Å². The number of carboxylic acid groups (broad SMARTS) is 1. The zero-order valence-electron chi connectivity index (χ0n) is 11.6. The molecule has 0 aliphatic heterocycles. The molecule has 104 valence electrons. The third-order valence-electron chi connectivity index (χ3n) is 2.78. The number of rotatable bonds is 5. The van der Waals surface area contributed by atoms with Crippen LogP contribution in [0.25, 0.3) is 0 Å². The molecule has 0 saturated carbocycles. The van der Waals surface area contributed by atoms with Crippen LogP contribution in [0.15, 0.2) is 12.3 Å². The molecule has 0 aliphatic carbocycles. The van der Waals surface area contributed by atoms with E-state index in [1.165, 1.54) is 11.9 Å². The number of aliphatic carboxylic acids is 1. The minimum Gasteiger partial charge on any atom is -0.480 e. The second-order valence-electron chi connectivity index (χ2n) is 5.02. The maximum absolute atomic E-state index is 12.2. The summed E-state index contributed by atoms with van der Waals surface area (Å²) in [7, 11) is 1.48. The second-order valence-corrected chi connectivity index (χ2v) is 5.02. The number of carbonyl (C=O) groups excluding carboxylic acids is 1. The highest BCUT2D eigenvalue weighted by molar-refractivity contribution is 5.94. The lowest BCUT2D eigenvalue weighted by atomic mass is 10.0. The van der Waals surface area contributed by atoms with E-state index in [9.17, 15) is 14.7 Å². The molecule has 1 amide bonds. The van der Waals surface area contributed by atoms with E-state index < -0.39 is 17.9 Å². The van der Waals surface area contributed by atoms with Gasteiger partial charge in [-0.2, -0.15) is 5.10 Å². The SMILES string of the molecule is Cc1cnnc(C(=O)N(C)C(CC(C)C)C(=O)O)c1. The maximum atomic E-state index is 12.2. The Morgan fingerprint density at radius 2 is 2.05 bits per heavy atom. The van der Waals surface area contributed by atoms with E-state index in [0.29, 0.717) is 6.42 Å². The molecule has 6 heteroatoms. The molecule has 1 aromatic rings. The van der Waals surface area contributed by atoms with E-state index in [1.807, 2.05) is 13.8 Å². The van der Waals surface area contributed by atoms with Crippen LogP contribution < -0.4 is 0 Å². The molecule has 6 nitrogen and oxygen atoms in total. The predicted octanol–water partition coefficient (Wildman–Crippen LogP) is 1.36. The summed E-state index contributed by atoms with van der Waals surface area (Å²) in [5, 5.41) is 16.7. The molecular formula is C13H19N3O3. The van der Waals surface area contributed by atoms with Gasteiger partial charge in [-0.3, -0.25) is 4.79 Å². The van der Waals surface area contributed by atoms with Crippen LogP contribution in [0.1, 0.15) is 36.3 Å². The van der Waals surface area contributed by atoms with Gasteiger partial charge in [0.25, 0.3) is 5.91 Å². The van der Waals surface area contributed by atoms with Crippen molar-refractivity contribution < 1.29 is 14.7 Å². The quantitative estimate of drug-likeness (QED) is 0.869. The van der Waals surface area contributed by atoms with Crippen molar-refractivity contribution >= 4 is 11.9 Å². The Morgan fingerprint density at radius 1 is 1.42 bits per heavy atom. The first-order valence-corrected chi connectivity index (χ1v) is 6.12. The highest BCUT2D eigenvalue weighted by Gasteiger charge is 2.28. The monoisotopic (exact) mass is 265 g/mol. The number of aromatic nitrogens is 2. The van der Waals surface area contributed by atoms with Crippen molar-refractivity contribution in [3.63, 3.8) is 0 Å². The molecule has 0 bridgehead atoms. The van der Waals surface area contributed by atoms with Crippen LogP contribution in [0, 0.1) is 12.8 Å². The van der Waals surface area contributed by atoms with Gasteiger partial charge in [-0.15, -0.1) is 5.10 Å². The number of nitrogens with zero attached hydrogens (tertiary/aromatic N) is 3. The van der Waals surface area contributed by atoms with E-state index >= 15 is 0 Å². The van der Waals surface area contributed by atoms with Gasteiger partial charge in [-0.25, -0.2) is 4.79 Å². The van der Waals surface area contributed by atoms with E-state index in [0.717, 1.165) is 5.56 Å². The molecule has 1 N–H and O–H groups in total. The summed E-state index contributed by atoms with van der Waals surface area (Å²) in [5.41, 5.74) is 0.972. The predicted molar refractivity (Wildman–Crippen MR) is 69.7 cm³/mol. The standard InChI is InChI=1S/C13H19N3O3/c1-8(2)5-11(13(18)19)16(4)12(17)10-6-9(3)7-14-15-10/h6-8,11H,5H2,1-4H3,(H,18,19). The lowest BCUT2D eigenvalue weighted by Crippen LogP contribution is -2.43. The summed E-state index contributed by atoms with van der Waals surface area (Å²) >= 11 is 0. The van der Waals surface area contributed by atoms with Gasteiger partial charge < -0.3 is 10.0 Å². The van der Waals surface area contributed by atoms with Crippen molar-refractivity contribution in [1.82, 2.24) is 15.1 Å². The van der Waals surface area contributed by atoms with Crippen LogP contribution in [-0.4, -0.2) is 45.2 Å². The van der Waals surface area contributed by atoms with E-state index in [-0.39, 0.29) is 11.6 Å². The van der Waals surface area contributed by atoms with Crippen molar-refractivity contribution in [3.05, 3.63) is 23.5 Å². The van der Waals surface area contributed by atoms with Gasteiger partial charge in [-0.1, -0.05) is 13.8 Å². The first-order chi connectivity index (χ1) is 8.82. The average molecular weight is 265 g/mol. The van der Waals surface area contributed by atoms with Crippen LogP contribution in [0.5, 0.6) is 0 Å². The van der Waals surface area contributed by atoms with Crippen LogP contribution in [0.2, 0.25) is 0 Å². The fourth-order valence-electron chi connectivity index (χ4n) is 1.76. The average Bonchev–Trinajstić information content (AvgIpc) is 2.33. The Bertz CT molecular complexity index is 474. The number of likely N-dealkylation sites (N-methyl/N-ethyl adjacent to an activating group) is 1. The number of hydrogen-bond donors (Lipinski definition) is 1. The first-order valence-electron chi connectivity index (χ1n) is 6.12. The summed E-state index contributed by atoms with van der Waals surface area (Å²) in [5.74, 6) is -1.26. The lowest BCUT2D eigenvalue weighted by molar-refractivity contribution is -0.142. The smallest absolute Gasteiger partial charge is 0.326 e. The van der Waals surface area contributed by atoms with Crippen LogP contribution in [-0.2, 0) is 4.79 Å². The number of hydrogen-bond acceptors (Lipinski definition) is 4. The number of aryl methyl sites for hydroxylation is 1. The molecule has 19 heavy (non-hydrogen) atoms. The molecule has 1 aromatic heterocycles. The summed E-state index contributed by atoms with van der Waals surface area (Å²) in [6.45, 7) is 5.63. The Hall–Kier alpha value is -1.98. The molecule has 1 unspecified atom stereocenters. The number of carbonyl (C=O) groups is 2. The largest absolute Gasteiger partial charge is 0.480 e. The number of amides is 1. The molecule has 1 atom stereocenters. The summed E-state index contributed by atoms with van der Waals surface area (Å²) in [6, 6.07) is 0.745. The van der Waals surface area contributed by atoms with Crippen LogP contribution in [0.4, 0.5) is 0 Å². The Morgan fingerprint density at radius 3 is 2.53 bits per heavy atom. The summed E-state index contributed by atoms with van der Waals surface area (Å²) in [6.07, 6.45) is 1.94. The summed E-state index contributed by atoms with van der Waals surface area (Å²) in [4.78, 5) is 24.6. The molecular weight excluding hydrogens is 246 g/mol. The Balaban J connectivity index is 2.93. The second kappa shape index (κ2) is 6.26. The van der Waals surface area contributed by atoms with Gasteiger partial charge in [0.1, 0.15) is 6.04 Å². The molecule has 0 saturated heterocycles. The van der Waals surface area contributed by atoms with Crippen molar-refractivity contribution in [1.29, 1.82) is 0 Å². The van der Waals surface area contributed by atoms with Gasteiger partial charge in [0.05, 0.1) is 6.20 Å². The fourth-order valence-corrected chi connectivity index (χ4v) is 1.76. The summed E-state index contributed by atoms with van der Waals surface area (Å²) < 4.78 is 0. The Labute approximate surface area is 112 Å². The molecule has 0 aliphatic rings. The molecule has 0 spiro atoms. The minimum absolute atomic E-state index is 0.164. The van der Waals surface area contributed by atoms with Gasteiger partial charge in [0, 0.05) is 7.05 Å². The maximum Gasteiger partial charge on any atom is 0.326 e. The third kappa shape index (κ3) is 4.01. The number of carboxylic acids is 1. The van der Waals surface area contributed by atoms with E-state index in [4.69, 9.17) is 0 Å². The van der Waals surface area contributed by atoms with Gasteiger partial charge in [0.2, 0.25) is 0 Å². The zero-order valence-corrected chi connectivity index (χ0v) is 11.6. The van der Waals surface area contributed by atoms with Crippen LogP contribution >= 0.6 is 0 Å². The topological polar surface area (TPSA) is 83.4 Å². The third-order valence-corrected chi connectivity index (χ3v) is 2.78. The molecule has 0 aromatic carbocycles. The molecule has 0 radical (unpaired) electrons. The van der Waals surface area contributed by atoms with Crippen molar-refractivity contribution in [2.24, 2.45) is 5.92 Å². The first kappa shape index (κ1) is 15.1. The van der Waals surface area contributed by atoms with Crippen LogP contribution in [0.3, 0.4) is 0 Å².